The number of carbonyl (C=O) groups excluding carboxylic acids is 2. The van der Waals surface area contributed by atoms with Gasteiger partial charge >= 0.3 is 11.9 Å². The summed E-state index contributed by atoms with van der Waals surface area (Å²) in [5, 5.41) is 28.2. The molecule has 0 aliphatic carbocycles. The molecule has 4 N–H and O–H groups in total. The molecule has 0 saturated carbocycles. The molecular formula is C59H53N11O6S4. The number of hydrogen-bond donors (Lipinski definition) is 4. The van der Waals surface area contributed by atoms with E-state index in [-0.39, 0.29) is 23.2 Å². The lowest BCUT2D eigenvalue weighted by Crippen LogP contribution is -2.40. The number of carboxylic acids is 2. The maximum atomic E-state index is 13.4. The second kappa shape index (κ2) is 23.2. The number of aromatic nitrogens is 6. The number of para-hydroxylation sites is 2. The topological polar surface area (TPSA) is 212 Å². The Morgan fingerprint density at radius 1 is 0.588 bits per heavy atom. The first kappa shape index (κ1) is 52.5. The highest BCUT2D eigenvalue weighted by Crippen LogP contribution is 2.39. The average molecular weight is 1140 g/mol. The Morgan fingerprint density at radius 3 is 1.66 bits per heavy atom. The molecule has 2 amide bonds. The van der Waals surface area contributed by atoms with Gasteiger partial charge in [0, 0.05) is 80.3 Å². The van der Waals surface area contributed by atoms with E-state index in [0.29, 0.717) is 76.8 Å². The van der Waals surface area contributed by atoms with E-state index in [2.05, 4.69) is 74.5 Å². The van der Waals surface area contributed by atoms with Crippen LogP contribution in [0.25, 0.3) is 20.4 Å². The van der Waals surface area contributed by atoms with Crippen LogP contribution in [-0.4, -0.2) is 88.0 Å². The summed E-state index contributed by atoms with van der Waals surface area (Å²) in [4.78, 5) is 81.2. The summed E-state index contributed by atoms with van der Waals surface area (Å²) in [6.07, 6.45) is 10.5. The van der Waals surface area contributed by atoms with Crippen LogP contribution in [0, 0.1) is 0 Å². The summed E-state index contributed by atoms with van der Waals surface area (Å²) in [7, 11) is 0. The lowest BCUT2D eigenvalue weighted by atomic mass is 9.94. The quantitative estimate of drug-likeness (QED) is 0.0663. The Bertz CT molecular complexity index is 3850. The molecule has 10 aromatic rings. The van der Waals surface area contributed by atoms with E-state index in [9.17, 15) is 29.4 Å². The monoisotopic (exact) mass is 1140 g/mol. The Balaban J connectivity index is 0.000000159. The number of aromatic carboxylic acids is 2. The highest BCUT2D eigenvalue weighted by Gasteiger charge is 2.33. The summed E-state index contributed by atoms with van der Waals surface area (Å²) in [5.41, 5.74) is 8.56. The van der Waals surface area contributed by atoms with E-state index >= 15 is 0 Å². The van der Waals surface area contributed by atoms with Crippen LogP contribution in [-0.2, 0) is 45.4 Å². The molecule has 8 heterocycles. The Kier molecular flexibility index (Phi) is 15.3. The lowest BCUT2D eigenvalue weighted by molar-refractivity contribution is 0.0668. The van der Waals surface area contributed by atoms with Crippen LogP contribution in [0.4, 0.5) is 20.5 Å². The van der Waals surface area contributed by atoms with Gasteiger partial charge in [-0.05, 0) is 103 Å². The van der Waals surface area contributed by atoms with Gasteiger partial charge in [0.15, 0.2) is 31.9 Å². The Morgan fingerprint density at radius 2 is 1.14 bits per heavy atom. The zero-order chi connectivity index (χ0) is 54.7. The summed E-state index contributed by atoms with van der Waals surface area (Å²) >= 11 is 5.79. The summed E-state index contributed by atoms with van der Waals surface area (Å²) in [6.45, 7) is 4.72. The van der Waals surface area contributed by atoms with Crippen molar-refractivity contribution >= 4 is 110 Å². The lowest BCUT2D eigenvalue weighted by Gasteiger charge is -2.41. The molecule has 1 atom stereocenters. The van der Waals surface area contributed by atoms with Crippen molar-refractivity contribution in [3.8, 4) is 0 Å². The number of amides is 2. The molecule has 1 unspecified atom stereocenters. The fraction of sp³-hybridized carbons (Fsp3) is 0.237. The molecule has 404 valence electrons. The maximum absolute atomic E-state index is 13.4. The van der Waals surface area contributed by atoms with E-state index in [1.165, 1.54) is 50.9 Å². The number of nitrogens with one attached hydrogen (secondary N) is 2. The van der Waals surface area contributed by atoms with Crippen molar-refractivity contribution in [2.75, 3.05) is 40.1 Å². The van der Waals surface area contributed by atoms with Crippen molar-refractivity contribution in [2.24, 2.45) is 0 Å². The number of carboxylic acid groups (broad SMARTS) is 2. The van der Waals surface area contributed by atoms with Gasteiger partial charge in [-0.1, -0.05) is 113 Å². The van der Waals surface area contributed by atoms with Crippen LogP contribution in [0.5, 0.6) is 0 Å². The average Bonchev–Trinajstić information content (AvgIpc) is 4.46. The zero-order valence-electron chi connectivity index (χ0n) is 43.2. The third kappa shape index (κ3) is 11.3. The SMILES string of the molecule is O=C(Nc1nc2ccccc2s1)c1cccc2c1CN(c1nc(C(=O)O)c(CCCCn3ccnc3)s1)CC2.O=C(Nc1nc2ccccc2s1)c1cccc2c1CN(c1nc(C(=O)O)c(CN3CCC3c3ccccc3)s1)CC2. The molecule has 3 aliphatic heterocycles. The van der Waals surface area contributed by atoms with Crippen LogP contribution in [0.1, 0.15) is 105 Å². The van der Waals surface area contributed by atoms with Crippen molar-refractivity contribution in [2.45, 2.75) is 70.7 Å². The molecule has 1 saturated heterocycles. The van der Waals surface area contributed by atoms with Gasteiger partial charge in [-0.15, -0.1) is 11.3 Å². The third-order valence-electron chi connectivity index (χ3n) is 14.7. The second-order valence-electron chi connectivity index (χ2n) is 19.7. The molecule has 13 rings (SSSR count). The minimum absolute atomic E-state index is 0.122. The maximum Gasteiger partial charge on any atom is 0.355 e. The largest absolute Gasteiger partial charge is 0.476 e. The molecule has 3 aliphatic rings. The number of fused-ring (bicyclic) bond motifs is 4. The Labute approximate surface area is 475 Å². The normalized spacial score (nSPS) is 14.9. The van der Waals surface area contributed by atoms with E-state index < -0.39 is 11.9 Å². The minimum Gasteiger partial charge on any atom is -0.476 e. The highest BCUT2D eigenvalue weighted by atomic mass is 32.1. The number of benzene rings is 5. The summed E-state index contributed by atoms with van der Waals surface area (Å²) in [5.74, 6) is -2.40. The van der Waals surface area contributed by atoms with Gasteiger partial charge in [-0.3, -0.25) is 25.1 Å². The minimum atomic E-state index is -1.01. The number of likely N-dealkylation sites (tertiary alicyclic amines) is 1. The predicted molar refractivity (Wildman–Crippen MR) is 315 cm³/mol. The van der Waals surface area contributed by atoms with Crippen molar-refractivity contribution in [3.63, 3.8) is 0 Å². The van der Waals surface area contributed by atoms with Crippen molar-refractivity contribution in [1.29, 1.82) is 0 Å². The molecule has 5 aromatic heterocycles. The number of hydrogen-bond acceptors (Lipinski definition) is 16. The third-order valence-corrected chi connectivity index (χ3v) is 18.9. The van der Waals surface area contributed by atoms with Gasteiger partial charge in [-0.2, -0.15) is 0 Å². The number of anilines is 4. The summed E-state index contributed by atoms with van der Waals surface area (Å²) in [6, 6.07) is 37.9. The number of unbranched alkanes of at least 4 members (excludes halogenated alkanes) is 1. The molecule has 1 fully saturated rings. The van der Waals surface area contributed by atoms with Gasteiger partial charge in [0.2, 0.25) is 0 Å². The van der Waals surface area contributed by atoms with Crippen LogP contribution >= 0.6 is 45.3 Å². The van der Waals surface area contributed by atoms with E-state index in [1.807, 2.05) is 102 Å². The van der Waals surface area contributed by atoms with Crippen molar-refractivity contribution < 1.29 is 29.4 Å². The van der Waals surface area contributed by atoms with E-state index in [1.54, 1.807) is 12.5 Å². The number of rotatable bonds is 16. The van der Waals surface area contributed by atoms with Gasteiger partial charge in [0.25, 0.3) is 11.8 Å². The first-order valence-corrected chi connectivity index (χ1v) is 29.6. The number of thiazole rings is 4. The van der Waals surface area contributed by atoms with E-state index in [4.69, 9.17) is 0 Å². The number of imidazole rings is 1. The molecule has 0 radical (unpaired) electrons. The molecule has 0 bridgehead atoms. The molecule has 17 nitrogen and oxygen atoms in total. The van der Waals surface area contributed by atoms with Crippen molar-refractivity contribution in [3.05, 3.63) is 194 Å². The number of carbonyl (C=O) groups is 4. The molecule has 0 spiro atoms. The number of nitrogens with zero attached hydrogens (tertiary/aromatic N) is 9. The summed E-state index contributed by atoms with van der Waals surface area (Å²) < 4.78 is 4.06. The number of aryl methyl sites for hydroxylation is 2. The predicted octanol–water partition coefficient (Wildman–Crippen LogP) is 11.7. The zero-order valence-corrected chi connectivity index (χ0v) is 46.4. The molecule has 5 aromatic carbocycles. The first-order chi connectivity index (χ1) is 39.1. The molecule has 21 heteroatoms. The second-order valence-corrected chi connectivity index (χ2v) is 23.9. The molecular weight excluding hydrogens is 1090 g/mol. The van der Waals surface area contributed by atoms with Crippen LogP contribution in [0.2, 0.25) is 0 Å². The Hall–Kier alpha value is -8.21. The molecule has 80 heavy (non-hydrogen) atoms. The fourth-order valence-electron chi connectivity index (χ4n) is 10.5. The van der Waals surface area contributed by atoms with Gasteiger partial charge in [0.05, 0.1) is 31.6 Å². The van der Waals surface area contributed by atoms with Gasteiger partial charge < -0.3 is 24.6 Å². The van der Waals surface area contributed by atoms with Crippen LogP contribution in [0.15, 0.2) is 134 Å². The highest BCUT2D eigenvalue weighted by molar-refractivity contribution is 7.22. The van der Waals surface area contributed by atoms with Crippen LogP contribution in [0.3, 0.4) is 0 Å². The fourth-order valence-corrected chi connectivity index (χ4v) is 14.5. The standard InChI is InChI=1S/C31H27N5O3S2.C28H26N6O3S2/c37-28(34-30-32-23-11-4-5-12-25(23)40-30)21-10-6-9-19-13-15-36(17-22(19)21)31-33-27(29(38)39)26(41-31)18-35-16-14-24(35)20-7-2-1-3-8-20;35-25(32-27-30-21-8-1-2-9-22(21)38-27)19-7-5-6-18-11-14-34(16-20(18)19)28-31-24(26(36)37)23(39-28)10-3-4-13-33-15-12-29-17-33/h1-12,24H,13-18H2,(H,38,39)(H,32,34,37);1-2,5-9,12,15,17H,3-4,10-11,13-14,16H2,(H,36,37)(H,30,32,35). The van der Waals surface area contributed by atoms with Crippen LogP contribution < -0.4 is 20.4 Å². The van der Waals surface area contributed by atoms with E-state index in [0.717, 1.165) is 97.6 Å². The van der Waals surface area contributed by atoms with Gasteiger partial charge in [-0.25, -0.2) is 34.5 Å². The van der Waals surface area contributed by atoms with Gasteiger partial charge in [0.1, 0.15) is 0 Å². The smallest absolute Gasteiger partial charge is 0.355 e. The van der Waals surface area contributed by atoms with Crippen molar-refractivity contribution in [1.82, 2.24) is 34.4 Å². The first-order valence-electron chi connectivity index (χ1n) is 26.3.